The molecule has 4 N–H and O–H groups in total. The van der Waals surface area contributed by atoms with Crippen LogP contribution in [0.15, 0.2) is 0 Å². The van der Waals surface area contributed by atoms with Gasteiger partial charge in [-0.2, -0.15) is 0 Å². The fourth-order valence-corrected chi connectivity index (χ4v) is 2.88. The summed E-state index contributed by atoms with van der Waals surface area (Å²) >= 11 is 0. The Hall–Kier alpha value is -1.59. The summed E-state index contributed by atoms with van der Waals surface area (Å²) in [5, 5.41) is 11.7. The summed E-state index contributed by atoms with van der Waals surface area (Å²) in [4.78, 5) is 33.6. The zero-order chi connectivity index (χ0) is 14.5. The van der Waals surface area contributed by atoms with Gasteiger partial charge >= 0.3 is 5.97 Å². The van der Waals surface area contributed by atoms with Crippen LogP contribution in [0.4, 0.5) is 0 Å². The molecule has 1 saturated carbocycles. The summed E-state index contributed by atoms with van der Waals surface area (Å²) in [5.74, 6) is -1.52. The fourth-order valence-electron chi connectivity index (χ4n) is 2.88. The smallest absolute Gasteiger partial charge is 0.303 e. The molecule has 0 bridgehead atoms. The van der Waals surface area contributed by atoms with Gasteiger partial charge in [-0.05, 0) is 25.2 Å². The molecule has 1 rings (SSSR count). The molecule has 1 fully saturated rings. The summed E-state index contributed by atoms with van der Waals surface area (Å²) in [6.45, 7) is 1.71. The summed E-state index contributed by atoms with van der Waals surface area (Å²) in [7, 11) is 0. The lowest BCUT2D eigenvalue weighted by atomic mass is 9.79. The van der Waals surface area contributed by atoms with Gasteiger partial charge in [-0.25, -0.2) is 0 Å². The highest BCUT2D eigenvalue weighted by Gasteiger charge is 2.38. The molecule has 0 aromatic carbocycles. The van der Waals surface area contributed by atoms with Crippen molar-refractivity contribution >= 4 is 17.8 Å². The van der Waals surface area contributed by atoms with E-state index in [1.165, 1.54) is 0 Å². The topological polar surface area (TPSA) is 109 Å². The summed E-state index contributed by atoms with van der Waals surface area (Å²) in [6, 6.07) is -0.312. The van der Waals surface area contributed by atoms with Crippen molar-refractivity contribution in [1.82, 2.24) is 5.32 Å². The van der Waals surface area contributed by atoms with E-state index in [1.54, 1.807) is 6.92 Å². The van der Waals surface area contributed by atoms with Gasteiger partial charge in [0.2, 0.25) is 11.8 Å². The third-order valence-corrected chi connectivity index (χ3v) is 3.64. The number of nitrogens with two attached hydrogens (primary N) is 1. The lowest BCUT2D eigenvalue weighted by Crippen LogP contribution is -2.38. The van der Waals surface area contributed by atoms with Gasteiger partial charge < -0.3 is 16.2 Å². The highest BCUT2D eigenvalue weighted by molar-refractivity contribution is 5.80. The van der Waals surface area contributed by atoms with Gasteiger partial charge in [0.15, 0.2) is 0 Å². The first-order valence-electron chi connectivity index (χ1n) is 6.62. The number of carbonyl (C=O) groups excluding carboxylic acids is 2. The molecule has 0 aromatic heterocycles. The minimum atomic E-state index is -0.861. The second kappa shape index (κ2) is 6.54. The molecule has 0 aromatic rings. The molecule has 108 valence electrons. The van der Waals surface area contributed by atoms with Crippen molar-refractivity contribution in [3.63, 3.8) is 0 Å². The van der Waals surface area contributed by atoms with Gasteiger partial charge in [0.1, 0.15) is 0 Å². The third kappa shape index (κ3) is 5.28. The first-order chi connectivity index (χ1) is 8.83. The van der Waals surface area contributed by atoms with Crippen molar-refractivity contribution in [3.05, 3.63) is 0 Å². The van der Waals surface area contributed by atoms with E-state index in [4.69, 9.17) is 10.8 Å². The molecule has 1 unspecified atom stereocenters. The van der Waals surface area contributed by atoms with Crippen molar-refractivity contribution in [2.75, 3.05) is 0 Å². The maximum atomic E-state index is 11.9. The standard InChI is InChI=1S/C13H22N2O4/c1-9(6-10(14)16)15-11(17)7-13(8-12(18)19)4-2-3-5-13/h9H,2-8H2,1H3,(H2,14,16)(H,15,17)(H,18,19). The van der Waals surface area contributed by atoms with Crippen LogP contribution in [-0.4, -0.2) is 28.9 Å². The Morgan fingerprint density at radius 1 is 1.26 bits per heavy atom. The summed E-state index contributed by atoms with van der Waals surface area (Å²) < 4.78 is 0. The van der Waals surface area contributed by atoms with Crippen LogP contribution in [-0.2, 0) is 14.4 Å². The average Bonchev–Trinajstić information content (AvgIpc) is 2.62. The molecule has 1 aliphatic rings. The van der Waals surface area contributed by atoms with E-state index in [9.17, 15) is 14.4 Å². The van der Waals surface area contributed by atoms with E-state index >= 15 is 0 Å². The number of aliphatic carboxylic acids is 1. The number of amides is 2. The van der Waals surface area contributed by atoms with Crippen molar-refractivity contribution < 1.29 is 19.5 Å². The Morgan fingerprint density at radius 3 is 2.32 bits per heavy atom. The fraction of sp³-hybridized carbons (Fsp3) is 0.769. The zero-order valence-electron chi connectivity index (χ0n) is 11.3. The molecule has 1 aliphatic carbocycles. The van der Waals surface area contributed by atoms with Crippen LogP contribution in [0.2, 0.25) is 0 Å². The monoisotopic (exact) mass is 270 g/mol. The number of carbonyl (C=O) groups is 3. The van der Waals surface area contributed by atoms with Crippen LogP contribution in [0.1, 0.15) is 51.9 Å². The van der Waals surface area contributed by atoms with E-state index in [2.05, 4.69) is 5.32 Å². The number of primary amides is 1. The van der Waals surface area contributed by atoms with E-state index in [0.717, 1.165) is 25.7 Å². The van der Waals surface area contributed by atoms with Gasteiger partial charge in [-0.1, -0.05) is 12.8 Å². The molecule has 0 spiro atoms. The molecule has 6 heteroatoms. The molecule has 0 radical (unpaired) electrons. The van der Waals surface area contributed by atoms with Crippen molar-refractivity contribution in [2.45, 2.75) is 57.9 Å². The number of hydrogen-bond donors (Lipinski definition) is 3. The highest BCUT2D eigenvalue weighted by atomic mass is 16.4. The molecule has 19 heavy (non-hydrogen) atoms. The van der Waals surface area contributed by atoms with Gasteiger partial charge in [-0.3, -0.25) is 14.4 Å². The van der Waals surface area contributed by atoms with Crippen LogP contribution >= 0.6 is 0 Å². The molecular weight excluding hydrogens is 248 g/mol. The molecule has 2 amide bonds. The van der Waals surface area contributed by atoms with E-state index < -0.39 is 17.3 Å². The van der Waals surface area contributed by atoms with E-state index in [1.807, 2.05) is 0 Å². The molecule has 0 aliphatic heterocycles. The van der Waals surface area contributed by atoms with Crippen LogP contribution in [0, 0.1) is 5.41 Å². The van der Waals surface area contributed by atoms with Gasteiger partial charge in [0.05, 0.1) is 6.42 Å². The minimum Gasteiger partial charge on any atom is -0.481 e. The second-order valence-electron chi connectivity index (χ2n) is 5.59. The first-order valence-corrected chi connectivity index (χ1v) is 6.62. The molecular formula is C13H22N2O4. The maximum Gasteiger partial charge on any atom is 0.303 e. The Morgan fingerprint density at radius 2 is 1.84 bits per heavy atom. The predicted octanol–water partition coefficient (Wildman–Crippen LogP) is 0.792. The molecule has 1 atom stereocenters. The van der Waals surface area contributed by atoms with Crippen molar-refractivity contribution in [3.8, 4) is 0 Å². The lowest BCUT2D eigenvalue weighted by Gasteiger charge is -2.27. The number of carboxylic acid groups (broad SMARTS) is 1. The van der Waals surface area contributed by atoms with E-state index in [-0.39, 0.29) is 31.2 Å². The summed E-state index contributed by atoms with van der Waals surface area (Å²) in [6.07, 6.45) is 3.83. The second-order valence-corrected chi connectivity index (χ2v) is 5.59. The molecule has 6 nitrogen and oxygen atoms in total. The van der Waals surface area contributed by atoms with Crippen LogP contribution < -0.4 is 11.1 Å². The number of carboxylic acids is 1. The van der Waals surface area contributed by atoms with Crippen molar-refractivity contribution in [2.24, 2.45) is 11.1 Å². The Labute approximate surface area is 112 Å². The van der Waals surface area contributed by atoms with Gasteiger partial charge in [0, 0.05) is 18.9 Å². The van der Waals surface area contributed by atoms with Gasteiger partial charge in [-0.15, -0.1) is 0 Å². The number of nitrogens with one attached hydrogen (secondary N) is 1. The maximum absolute atomic E-state index is 11.9. The quantitative estimate of drug-likeness (QED) is 0.635. The van der Waals surface area contributed by atoms with Crippen LogP contribution in [0.5, 0.6) is 0 Å². The van der Waals surface area contributed by atoms with Crippen LogP contribution in [0.3, 0.4) is 0 Å². The third-order valence-electron chi connectivity index (χ3n) is 3.64. The molecule has 0 saturated heterocycles. The number of hydrogen-bond acceptors (Lipinski definition) is 3. The zero-order valence-corrected chi connectivity index (χ0v) is 11.3. The molecule has 0 heterocycles. The normalized spacial score (nSPS) is 18.8. The first kappa shape index (κ1) is 15.5. The summed E-state index contributed by atoms with van der Waals surface area (Å²) in [5.41, 5.74) is 4.64. The number of rotatable bonds is 7. The van der Waals surface area contributed by atoms with Gasteiger partial charge in [0.25, 0.3) is 0 Å². The minimum absolute atomic E-state index is 0.0324. The Kier molecular flexibility index (Phi) is 5.32. The van der Waals surface area contributed by atoms with Crippen LogP contribution in [0.25, 0.3) is 0 Å². The largest absolute Gasteiger partial charge is 0.481 e. The lowest BCUT2D eigenvalue weighted by molar-refractivity contribution is -0.140. The highest BCUT2D eigenvalue weighted by Crippen LogP contribution is 2.44. The van der Waals surface area contributed by atoms with Crippen molar-refractivity contribution in [1.29, 1.82) is 0 Å². The predicted molar refractivity (Wildman–Crippen MR) is 69.2 cm³/mol. The SMILES string of the molecule is CC(CC(N)=O)NC(=O)CC1(CC(=O)O)CCCC1. The van der Waals surface area contributed by atoms with E-state index in [0.29, 0.717) is 0 Å². The average molecular weight is 270 g/mol. The Balaban J connectivity index is 2.52. The Bertz CT molecular complexity index is 362.